The highest BCUT2D eigenvalue weighted by atomic mass is 19.4. The van der Waals surface area contributed by atoms with E-state index in [0.29, 0.717) is 12.8 Å². The number of nitrogens with zero attached hydrogens (tertiary/aromatic N) is 2. The summed E-state index contributed by atoms with van der Waals surface area (Å²) in [6.45, 7) is 0.312. The van der Waals surface area contributed by atoms with Gasteiger partial charge >= 0.3 is 12.1 Å². The lowest BCUT2D eigenvalue weighted by Crippen LogP contribution is -2.54. The fraction of sp³-hybridized carbons (Fsp3) is 0.778. The first-order valence-corrected chi connectivity index (χ1v) is 4.93. The first-order valence-electron chi connectivity index (χ1n) is 4.93. The molecule has 7 heteroatoms. The molecule has 1 saturated heterocycles. The van der Waals surface area contributed by atoms with Crippen LogP contribution in [0.5, 0.6) is 0 Å². The molecule has 1 rings (SSSR count). The number of nitriles is 1. The van der Waals surface area contributed by atoms with Crippen molar-refractivity contribution in [3.63, 3.8) is 0 Å². The topological polar surface area (TPSA) is 50.1 Å². The molecule has 90 valence electrons. The zero-order chi connectivity index (χ0) is 12.2. The van der Waals surface area contributed by atoms with Crippen molar-refractivity contribution in [3.8, 4) is 6.07 Å². The number of quaternary nitrogens is 1. The number of halogens is 3. The summed E-state index contributed by atoms with van der Waals surface area (Å²) in [7, 11) is 0. The normalized spacial score (nSPS) is 19.9. The standard InChI is InChI=1S/C9H12F3N2O2/c10-9(11,12)8(15)16-14(7-4-13)5-2-1-3-6-14/h1-3,5-7H2/q+1. The lowest BCUT2D eigenvalue weighted by molar-refractivity contribution is -1.09. The SMILES string of the molecule is N#CC[N+]1(OC(=O)C(F)(F)F)CCCCC1. The Labute approximate surface area is 90.7 Å². The van der Waals surface area contributed by atoms with Crippen molar-refractivity contribution in [3.05, 3.63) is 0 Å². The average Bonchev–Trinajstić information content (AvgIpc) is 2.17. The van der Waals surface area contributed by atoms with Crippen LogP contribution in [0.4, 0.5) is 13.2 Å². The molecule has 16 heavy (non-hydrogen) atoms. The second-order valence-electron chi connectivity index (χ2n) is 3.76. The molecule has 0 amide bonds. The second kappa shape index (κ2) is 4.70. The predicted octanol–water partition coefficient (Wildman–Crippen LogP) is 1.53. The van der Waals surface area contributed by atoms with Gasteiger partial charge in [-0.05, 0) is 6.42 Å². The highest BCUT2D eigenvalue weighted by molar-refractivity contribution is 5.74. The van der Waals surface area contributed by atoms with Gasteiger partial charge in [-0.3, -0.25) is 4.84 Å². The van der Waals surface area contributed by atoms with E-state index in [1.54, 1.807) is 6.07 Å². The van der Waals surface area contributed by atoms with Crippen molar-refractivity contribution in [1.82, 2.24) is 0 Å². The maximum atomic E-state index is 12.0. The van der Waals surface area contributed by atoms with E-state index in [-0.39, 0.29) is 19.6 Å². The minimum Gasteiger partial charge on any atom is -0.265 e. The maximum Gasteiger partial charge on any atom is 0.497 e. The number of hydrogen-bond donors (Lipinski definition) is 0. The van der Waals surface area contributed by atoms with E-state index in [1.165, 1.54) is 0 Å². The zero-order valence-electron chi connectivity index (χ0n) is 8.59. The highest BCUT2D eigenvalue weighted by Crippen LogP contribution is 2.24. The molecule has 0 atom stereocenters. The van der Waals surface area contributed by atoms with Gasteiger partial charge in [-0.1, -0.05) is 0 Å². The van der Waals surface area contributed by atoms with Crippen molar-refractivity contribution in [2.75, 3.05) is 19.6 Å². The van der Waals surface area contributed by atoms with E-state index in [1.807, 2.05) is 0 Å². The first-order chi connectivity index (χ1) is 7.40. The molecule has 0 unspecified atom stereocenters. The zero-order valence-corrected chi connectivity index (χ0v) is 8.59. The van der Waals surface area contributed by atoms with E-state index in [9.17, 15) is 18.0 Å². The molecule has 0 aromatic heterocycles. The van der Waals surface area contributed by atoms with Gasteiger partial charge < -0.3 is 0 Å². The van der Waals surface area contributed by atoms with Crippen molar-refractivity contribution in [1.29, 1.82) is 5.26 Å². The molecule has 0 spiro atoms. The predicted molar refractivity (Wildman–Crippen MR) is 46.5 cm³/mol. The first kappa shape index (κ1) is 12.8. The molecule has 0 aromatic carbocycles. The summed E-state index contributed by atoms with van der Waals surface area (Å²) >= 11 is 0. The summed E-state index contributed by atoms with van der Waals surface area (Å²) in [5.74, 6) is -2.22. The summed E-state index contributed by atoms with van der Waals surface area (Å²) in [5, 5.41) is 8.56. The Bertz CT molecular complexity index is 303. The highest BCUT2D eigenvalue weighted by Gasteiger charge is 2.48. The Kier molecular flexibility index (Phi) is 3.75. The number of hydroxylamine groups is 3. The molecule has 0 aliphatic carbocycles. The van der Waals surface area contributed by atoms with Crippen LogP contribution in [0.2, 0.25) is 0 Å². The smallest absolute Gasteiger partial charge is 0.265 e. The van der Waals surface area contributed by atoms with Crippen molar-refractivity contribution >= 4 is 5.97 Å². The lowest BCUT2D eigenvalue weighted by Gasteiger charge is -2.35. The fourth-order valence-electron chi connectivity index (χ4n) is 1.73. The summed E-state index contributed by atoms with van der Waals surface area (Å²) in [5.41, 5.74) is 0. The Hall–Kier alpha value is -1.29. The molecule has 1 aliphatic heterocycles. The summed E-state index contributed by atoms with van der Waals surface area (Å²) in [6.07, 6.45) is -2.80. The largest absolute Gasteiger partial charge is 0.497 e. The van der Waals surface area contributed by atoms with Crippen LogP contribution in [-0.4, -0.2) is 36.4 Å². The van der Waals surface area contributed by atoms with Crippen molar-refractivity contribution < 1.29 is 27.4 Å². The second-order valence-corrected chi connectivity index (χ2v) is 3.76. The van der Waals surface area contributed by atoms with Crippen LogP contribution in [0.3, 0.4) is 0 Å². The van der Waals surface area contributed by atoms with Crippen LogP contribution >= 0.6 is 0 Å². The lowest BCUT2D eigenvalue weighted by atomic mass is 10.1. The summed E-state index contributed by atoms with van der Waals surface area (Å²) in [6, 6.07) is 1.76. The minimum atomic E-state index is -5.00. The van der Waals surface area contributed by atoms with E-state index >= 15 is 0 Å². The average molecular weight is 237 g/mol. The summed E-state index contributed by atoms with van der Waals surface area (Å²) < 4.78 is 35.6. The van der Waals surface area contributed by atoms with Gasteiger partial charge in [-0.25, -0.2) is 4.79 Å². The van der Waals surface area contributed by atoms with Gasteiger partial charge in [0, 0.05) is 12.8 Å². The number of carbonyl (C=O) groups excluding carboxylic acids is 1. The van der Waals surface area contributed by atoms with Gasteiger partial charge in [0.2, 0.25) is 6.54 Å². The molecule has 0 radical (unpaired) electrons. The molecular weight excluding hydrogens is 225 g/mol. The monoisotopic (exact) mass is 237 g/mol. The number of hydrogen-bond acceptors (Lipinski definition) is 3. The molecule has 0 N–H and O–H groups in total. The van der Waals surface area contributed by atoms with Crippen molar-refractivity contribution in [2.24, 2.45) is 0 Å². The molecule has 0 aromatic rings. The van der Waals surface area contributed by atoms with Gasteiger partial charge in [0.1, 0.15) is 19.2 Å². The molecule has 1 fully saturated rings. The maximum absolute atomic E-state index is 12.0. The number of likely N-dealkylation sites (tertiary alicyclic amines) is 1. The van der Waals surface area contributed by atoms with E-state index < -0.39 is 16.8 Å². The van der Waals surface area contributed by atoms with Crippen LogP contribution in [0.1, 0.15) is 19.3 Å². The van der Waals surface area contributed by atoms with Gasteiger partial charge in [0.15, 0.2) is 0 Å². The van der Waals surface area contributed by atoms with E-state index in [2.05, 4.69) is 4.84 Å². The molecule has 4 nitrogen and oxygen atoms in total. The Morgan fingerprint density at radius 3 is 2.31 bits per heavy atom. The van der Waals surface area contributed by atoms with E-state index in [0.717, 1.165) is 6.42 Å². The fourth-order valence-corrected chi connectivity index (χ4v) is 1.73. The van der Waals surface area contributed by atoms with Gasteiger partial charge in [-0.15, -0.1) is 4.65 Å². The van der Waals surface area contributed by atoms with Crippen LogP contribution < -0.4 is 0 Å². The number of rotatable bonds is 2. The molecule has 0 saturated carbocycles. The number of piperidine rings is 1. The van der Waals surface area contributed by atoms with Crippen LogP contribution in [0.15, 0.2) is 0 Å². The van der Waals surface area contributed by atoms with Crippen LogP contribution in [0, 0.1) is 11.3 Å². The van der Waals surface area contributed by atoms with E-state index in [4.69, 9.17) is 5.26 Å². The van der Waals surface area contributed by atoms with Gasteiger partial charge in [-0.2, -0.15) is 18.4 Å². The number of carbonyl (C=O) groups is 1. The third-order valence-electron chi connectivity index (χ3n) is 2.50. The molecule has 0 bridgehead atoms. The van der Waals surface area contributed by atoms with Crippen LogP contribution in [-0.2, 0) is 9.63 Å². The Balaban J connectivity index is 2.72. The third-order valence-corrected chi connectivity index (χ3v) is 2.50. The van der Waals surface area contributed by atoms with Crippen molar-refractivity contribution in [2.45, 2.75) is 25.4 Å². The van der Waals surface area contributed by atoms with Gasteiger partial charge in [0.05, 0.1) is 0 Å². The minimum absolute atomic E-state index is 0.234. The Morgan fingerprint density at radius 2 is 1.88 bits per heavy atom. The molecule has 1 heterocycles. The Morgan fingerprint density at radius 1 is 1.31 bits per heavy atom. The van der Waals surface area contributed by atoms with Gasteiger partial charge in [0.25, 0.3) is 0 Å². The summed E-state index contributed by atoms with van der Waals surface area (Å²) in [4.78, 5) is 15.2. The third kappa shape index (κ3) is 3.10. The quantitative estimate of drug-likeness (QED) is 0.540. The molecule has 1 aliphatic rings. The number of alkyl halides is 3. The molecular formula is C9H12F3N2O2+. The van der Waals surface area contributed by atoms with Crippen LogP contribution in [0.25, 0.3) is 0 Å².